The number of amides is 2. The van der Waals surface area contributed by atoms with E-state index in [9.17, 15) is 18.4 Å². The van der Waals surface area contributed by atoms with Crippen molar-refractivity contribution >= 4 is 17.6 Å². The first-order valence-corrected chi connectivity index (χ1v) is 11.2. The molecule has 1 fully saturated rings. The van der Waals surface area contributed by atoms with Crippen LogP contribution in [0, 0.1) is 23.0 Å². The topological polar surface area (TPSA) is 80.1 Å². The van der Waals surface area contributed by atoms with Gasteiger partial charge in [0.25, 0.3) is 5.91 Å². The number of piperidine rings is 1. The molecule has 2 aromatic heterocycles. The van der Waals surface area contributed by atoms with Gasteiger partial charge in [-0.3, -0.25) is 14.3 Å². The molecular formula is C25H27F2N5O2. The number of nitrogens with zero attached hydrogens (tertiary/aromatic N) is 4. The number of hydrogen-bond donors (Lipinski definition) is 1. The van der Waals surface area contributed by atoms with E-state index in [1.54, 1.807) is 41.0 Å². The van der Waals surface area contributed by atoms with Gasteiger partial charge in [0.2, 0.25) is 5.91 Å². The maximum absolute atomic E-state index is 13.5. The summed E-state index contributed by atoms with van der Waals surface area (Å²) in [5.74, 6) is -1.09. The molecule has 3 aromatic rings. The summed E-state index contributed by atoms with van der Waals surface area (Å²) < 4.78 is 28.5. The lowest BCUT2D eigenvalue weighted by atomic mass is 9.73. The van der Waals surface area contributed by atoms with Crippen molar-refractivity contribution in [2.24, 2.45) is 18.4 Å². The number of carbonyl (C=O) groups excluding carboxylic acids is 2. The lowest BCUT2D eigenvalue weighted by Crippen LogP contribution is -2.46. The van der Waals surface area contributed by atoms with Crippen LogP contribution < -0.4 is 5.32 Å². The number of likely N-dealkylation sites (tertiary alicyclic amines) is 1. The van der Waals surface area contributed by atoms with Crippen LogP contribution in [0.5, 0.6) is 0 Å². The Morgan fingerprint density at radius 1 is 1.03 bits per heavy atom. The third-order valence-corrected chi connectivity index (χ3v) is 6.63. The van der Waals surface area contributed by atoms with Gasteiger partial charge in [0.15, 0.2) is 0 Å². The quantitative estimate of drug-likeness (QED) is 0.608. The number of hydrogen-bond acceptors (Lipinski definition) is 4. The summed E-state index contributed by atoms with van der Waals surface area (Å²) >= 11 is 0. The second kappa shape index (κ2) is 9.32. The minimum absolute atomic E-state index is 0.0526. The van der Waals surface area contributed by atoms with E-state index in [1.165, 1.54) is 18.3 Å². The first-order valence-electron chi connectivity index (χ1n) is 11.2. The molecule has 0 aliphatic carbocycles. The Hall–Kier alpha value is -3.62. The molecule has 1 aliphatic rings. The van der Waals surface area contributed by atoms with Crippen LogP contribution in [-0.4, -0.2) is 44.6 Å². The smallest absolute Gasteiger partial charge is 0.272 e. The van der Waals surface area contributed by atoms with Crippen LogP contribution in [-0.2, 0) is 11.8 Å². The van der Waals surface area contributed by atoms with Gasteiger partial charge >= 0.3 is 0 Å². The second-order valence-electron chi connectivity index (χ2n) is 9.17. The number of nitrogens with one attached hydrogen (secondary N) is 1. The van der Waals surface area contributed by atoms with Gasteiger partial charge in [0.05, 0.1) is 0 Å². The zero-order valence-corrected chi connectivity index (χ0v) is 19.4. The first-order chi connectivity index (χ1) is 16.1. The minimum Gasteiger partial charge on any atom is -0.337 e. The van der Waals surface area contributed by atoms with Crippen LogP contribution in [0.1, 0.15) is 37.2 Å². The number of rotatable bonds is 5. The lowest BCUT2D eigenvalue weighted by Gasteiger charge is -2.39. The zero-order valence-electron chi connectivity index (χ0n) is 19.4. The van der Waals surface area contributed by atoms with E-state index in [0.29, 0.717) is 48.6 Å². The largest absolute Gasteiger partial charge is 0.337 e. The predicted octanol–water partition coefficient (Wildman–Crippen LogP) is 4.28. The molecule has 1 aliphatic heterocycles. The molecule has 0 unspecified atom stereocenters. The number of anilines is 1. The van der Waals surface area contributed by atoms with Crippen LogP contribution in [0.3, 0.4) is 0 Å². The normalized spacial score (nSPS) is 14.8. The van der Waals surface area contributed by atoms with Gasteiger partial charge < -0.3 is 10.2 Å². The fourth-order valence-electron chi connectivity index (χ4n) is 4.37. The van der Waals surface area contributed by atoms with Crippen LogP contribution >= 0.6 is 0 Å². The highest BCUT2D eigenvalue weighted by Gasteiger charge is 2.39. The van der Waals surface area contributed by atoms with Crippen molar-refractivity contribution in [2.45, 2.75) is 26.7 Å². The summed E-state index contributed by atoms with van der Waals surface area (Å²) in [7, 11) is 1.74. The number of carbonyl (C=O) groups is 2. The molecule has 0 spiro atoms. The van der Waals surface area contributed by atoms with Gasteiger partial charge in [-0.05, 0) is 54.7 Å². The average Bonchev–Trinajstić information content (AvgIpc) is 3.24. The molecule has 1 saturated heterocycles. The van der Waals surface area contributed by atoms with Crippen molar-refractivity contribution in [3.63, 3.8) is 0 Å². The standard InChI is InChI=1S/C25H27F2N5O2/c1-25(2,18-7-10-32(11-8-18)23(33)21-6-9-29-31(21)3)24(34)30-22-5-4-16(15-28-22)17-12-19(26)14-20(27)13-17/h4-6,9,12-15,18H,7-8,10-11H2,1-3H3,(H,28,30,34). The SMILES string of the molecule is Cn1nccc1C(=O)N1CCC(C(C)(C)C(=O)Nc2ccc(-c3cc(F)cc(F)c3)cn2)CC1. The van der Waals surface area contributed by atoms with Crippen molar-refractivity contribution in [3.8, 4) is 11.1 Å². The van der Waals surface area contributed by atoms with E-state index >= 15 is 0 Å². The number of halogens is 2. The molecule has 0 bridgehead atoms. The van der Waals surface area contributed by atoms with Gasteiger partial charge in [0.1, 0.15) is 23.1 Å². The van der Waals surface area contributed by atoms with Crippen molar-refractivity contribution in [1.29, 1.82) is 0 Å². The maximum atomic E-state index is 13.5. The van der Waals surface area contributed by atoms with E-state index in [0.717, 1.165) is 6.07 Å². The van der Waals surface area contributed by atoms with Crippen LogP contribution in [0.25, 0.3) is 11.1 Å². The van der Waals surface area contributed by atoms with E-state index in [1.807, 2.05) is 13.8 Å². The lowest BCUT2D eigenvalue weighted by molar-refractivity contribution is -0.127. The first kappa shape index (κ1) is 23.5. The highest BCUT2D eigenvalue weighted by atomic mass is 19.1. The predicted molar refractivity (Wildman–Crippen MR) is 124 cm³/mol. The minimum atomic E-state index is -0.673. The molecule has 3 heterocycles. The van der Waals surface area contributed by atoms with Crippen molar-refractivity contribution in [2.75, 3.05) is 18.4 Å². The third-order valence-electron chi connectivity index (χ3n) is 6.63. The van der Waals surface area contributed by atoms with Crippen molar-refractivity contribution in [1.82, 2.24) is 19.7 Å². The summed E-state index contributed by atoms with van der Waals surface area (Å²) in [4.78, 5) is 31.8. The summed E-state index contributed by atoms with van der Waals surface area (Å²) in [6.45, 7) is 4.94. The molecule has 34 heavy (non-hydrogen) atoms. The van der Waals surface area contributed by atoms with Crippen LogP contribution in [0.15, 0.2) is 48.8 Å². The van der Waals surface area contributed by atoms with Crippen LogP contribution in [0.2, 0.25) is 0 Å². The molecule has 178 valence electrons. The van der Waals surface area contributed by atoms with Crippen LogP contribution in [0.4, 0.5) is 14.6 Å². The Morgan fingerprint density at radius 2 is 1.71 bits per heavy atom. The number of pyridine rings is 1. The molecule has 7 nitrogen and oxygen atoms in total. The molecule has 9 heteroatoms. The molecule has 0 saturated carbocycles. The number of aryl methyl sites for hydroxylation is 1. The third kappa shape index (κ3) is 4.83. The van der Waals surface area contributed by atoms with Gasteiger partial charge in [-0.2, -0.15) is 5.10 Å². The summed E-state index contributed by atoms with van der Waals surface area (Å²) in [5.41, 5.74) is 0.788. The van der Waals surface area contributed by atoms with E-state index in [2.05, 4.69) is 15.4 Å². The van der Waals surface area contributed by atoms with Gasteiger partial charge in [-0.1, -0.05) is 13.8 Å². The average molecular weight is 468 g/mol. The van der Waals surface area contributed by atoms with E-state index in [-0.39, 0.29) is 17.7 Å². The molecular weight excluding hydrogens is 440 g/mol. The zero-order chi connectivity index (χ0) is 24.5. The molecule has 0 radical (unpaired) electrons. The maximum Gasteiger partial charge on any atom is 0.272 e. The summed E-state index contributed by atoms with van der Waals surface area (Å²) in [5, 5.41) is 6.91. The highest BCUT2D eigenvalue weighted by Crippen LogP contribution is 2.36. The molecule has 0 atom stereocenters. The summed E-state index contributed by atoms with van der Waals surface area (Å²) in [6, 6.07) is 8.25. The van der Waals surface area contributed by atoms with Crippen molar-refractivity contribution in [3.05, 3.63) is 66.1 Å². The number of aromatic nitrogens is 3. The molecule has 1 N–H and O–H groups in total. The molecule has 4 rings (SSSR count). The van der Waals surface area contributed by atoms with E-state index in [4.69, 9.17) is 0 Å². The fraction of sp³-hybridized carbons (Fsp3) is 0.360. The van der Waals surface area contributed by atoms with E-state index < -0.39 is 17.0 Å². The number of benzene rings is 1. The monoisotopic (exact) mass is 467 g/mol. The fourth-order valence-corrected chi connectivity index (χ4v) is 4.37. The van der Waals surface area contributed by atoms with Crippen molar-refractivity contribution < 1.29 is 18.4 Å². The van der Waals surface area contributed by atoms with Gasteiger partial charge in [0, 0.05) is 49.6 Å². The van der Waals surface area contributed by atoms with Gasteiger partial charge in [-0.15, -0.1) is 0 Å². The summed E-state index contributed by atoms with van der Waals surface area (Å²) in [6.07, 6.45) is 4.49. The Balaban J connectivity index is 1.37. The Morgan fingerprint density at radius 3 is 2.26 bits per heavy atom. The Kier molecular flexibility index (Phi) is 6.45. The second-order valence-corrected chi connectivity index (χ2v) is 9.17. The molecule has 1 aromatic carbocycles. The Labute approximate surface area is 196 Å². The highest BCUT2D eigenvalue weighted by molar-refractivity contribution is 5.94. The van der Waals surface area contributed by atoms with Gasteiger partial charge in [-0.25, -0.2) is 13.8 Å². The molecule has 2 amide bonds. The Bertz CT molecular complexity index is 1180.